The maximum atomic E-state index is 11.2. The zero-order valence-electron chi connectivity index (χ0n) is 11.0. The van der Waals surface area contributed by atoms with Crippen molar-refractivity contribution in [2.75, 3.05) is 0 Å². The summed E-state index contributed by atoms with van der Waals surface area (Å²) in [5.74, 6) is -0.142. The number of carbonyl (C=O) groups excluding carboxylic acids is 1. The Morgan fingerprint density at radius 2 is 1.89 bits per heavy atom. The second-order valence-corrected chi connectivity index (χ2v) is 7.52. The van der Waals surface area contributed by atoms with Gasteiger partial charge in [0, 0.05) is 18.8 Å². The number of hydrogen-bond donors (Lipinski definition) is 0. The van der Waals surface area contributed by atoms with Gasteiger partial charge in [-0.1, -0.05) is 0 Å². The molecule has 0 N–H and O–H groups in total. The van der Waals surface area contributed by atoms with Gasteiger partial charge in [0.1, 0.15) is 11.7 Å². The summed E-state index contributed by atoms with van der Waals surface area (Å²) in [6.45, 7) is 1.52. The van der Waals surface area contributed by atoms with Crippen LogP contribution >= 0.6 is 0 Å². The largest absolute Gasteiger partial charge is 0.459 e. The number of ether oxygens (including phenoxy) is 2. The molecule has 4 aliphatic carbocycles. The van der Waals surface area contributed by atoms with E-state index < -0.39 is 0 Å². The van der Waals surface area contributed by atoms with Crippen LogP contribution in [0.4, 0.5) is 0 Å². The van der Waals surface area contributed by atoms with Crippen LogP contribution in [0.15, 0.2) is 0 Å². The first-order chi connectivity index (χ1) is 8.56. The molecule has 0 bridgehead atoms. The van der Waals surface area contributed by atoms with Crippen LogP contribution in [0, 0.1) is 10.8 Å². The highest BCUT2D eigenvalue weighted by molar-refractivity contribution is 5.67. The Labute approximate surface area is 107 Å². The molecule has 5 rings (SSSR count). The lowest BCUT2D eigenvalue weighted by molar-refractivity contribution is -0.186. The van der Waals surface area contributed by atoms with E-state index in [4.69, 9.17) is 9.47 Å². The van der Waals surface area contributed by atoms with Crippen molar-refractivity contribution < 1.29 is 14.3 Å². The van der Waals surface area contributed by atoms with E-state index in [9.17, 15) is 4.79 Å². The molecule has 2 atom stereocenters. The van der Waals surface area contributed by atoms with Crippen LogP contribution in [0.25, 0.3) is 0 Å². The van der Waals surface area contributed by atoms with E-state index >= 15 is 0 Å². The SMILES string of the molecule is CC(=O)O[C@H]1CC12OC1(CC1)CC1(CC1)C21CC1. The predicted octanol–water partition coefficient (Wildman–Crippen LogP) is 2.57. The average molecular weight is 248 g/mol. The molecule has 3 heteroatoms. The third kappa shape index (κ3) is 0.974. The minimum Gasteiger partial charge on any atom is -0.459 e. The molecule has 1 aliphatic heterocycles. The summed E-state index contributed by atoms with van der Waals surface area (Å²) in [4.78, 5) is 11.2. The van der Waals surface area contributed by atoms with Crippen LogP contribution in [0.5, 0.6) is 0 Å². The lowest BCUT2D eigenvalue weighted by atomic mass is 9.72. The van der Waals surface area contributed by atoms with E-state index in [-0.39, 0.29) is 23.3 Å². The molecular formula is C15H20O3. The summed E-state index contributed by atoms with van der Waals surface area (Å²) in [7, 11) is 0. The Morgan fingerprint density at radius 1 is 1.17 bits per heavy atom. The minimum absolute atomic E-state index is 0.0627. The van der Waals surface area contributed by atoms with Crippen molar-refractivity contribution in [3.63, 3.8) is 0 Å². The van der Waals surface area contributed by atoms with Crippen molar-refractivity contribution in [2.24, 2.45) is 10.8 Å². The summed E-state index contributed by atoms with van der Waals surface area (Å²) in [5, 5.41) is 0. The first kappa shape index (κ1) is 10.2. The third-order valence-corrected chi connectivity index (χ3v) is 6.45. The maximum absolute atomic E-state index is 11.2. The smallest absolute Gasteiger partial charge is 0.303 e. The van der Waals surface area contributed by atoms with E-state index in [1.807, 2.05) is 0 Å². The molecule has 3 nitrogen and oxygen atoms in total. The van der Waals surface area contributed by atoms with Gasteiger partial charge in [0.25, 0.3) is 0 Å². The van der Waals surface area contributed by atoms with Crippen molar-refractivity contribution in [1.29, 1.82) is 0 Å². The molecule has 98 valence electrons. The Morgan fingerprint density at radius 3 is 2.39 bits per heavy atom. The van der Waals surface area contributed by atoms with E-state index in [1.165, 1.54) is 51.9 Å². The van der Waals surface area contributed by atoms with Gasteiger partial charge in [-0.25, -0.2) is 0 Å². The normalized spacial score (nSPS) is 46.4. The number of esters is 1. The van der Waals surface area contributed by atoms with Gasteiger partial charge in [0.15, 0.2) is 0 Å². The average Bonchev–Trinajstić information content (AvgIpc) is 3.10. The molecule has 1 unspecified atom stereocenters. The quantitative estimate of drug-likeness (QED) is 0.669. The summed E-state index contributed by atoms with van der Waals surface area (Å²) < 4.78 is 12.1. The van der Waals surface area contributed by atoms with Crippen LogP contribution in [0.1, 0.15) is 58.3 Å². The molecule has 0 amide bonds. The molecule has 0 radical (unpaired) electrons. The number of carbonyl (C=O) groups is 1. The van der Waals surface area contributed by atoms with Gasteiger partial charge in [0.05, 0.1) is 5.60 Å². The third-order valence-electron chi connectivity index (χ3n) is 6.45. The lowest BCUT2D eigenvalue weighted by Crippen LogP contribution is -2.49. The van der Waals surface area contributed by atoms with Crippen LogP contribution < -0.4 is 0 Å². The first-order valence-corrected chi connectivity index (χ1v) is 7.43. The molecule has 0 aromatic carbocycles. The molecular weight excluding hydrogens is 228 g/mol. The van der Waals surface area contributed by atoms with Crippen molar-refractivity contribution in [3.8, 4) is 0 Å². The number of rotatable bonds is 1. The van der Waals surface area contributed by atoms with Crippen molar-refractivity contribution in [2.45, 2.75) is 75.6 Å². The van der Waals surface area contributed by atoms with Gasteiger partial charge in [0.2, 0.25) is 0 Å². The summed E-state index contributed by atoms with van der Waals surface area (Å²) in [6, 6.07) is 0. The van der Waals surface area contributed by atoms with E-state index in [0.717, 1.165) is 6.42 Å². The molecule has 5 fully saturated rings. The fraction of sp³-hybridized carbons (Fsp3) is 0.933. The summed E-state index contributed by atoms with van der Waals surface area (Å²) in [5.41, 5.74) is 1.10. The van der Waals surface area contributed by atoms with Crippen LogP contribution in [0.2, 0.25) is 0 Å². The minimum atomic E-state index is -0.142. The van der Waals surface area contributed by atoms with Crippen LogP contribution in [-0.2, 0) is 14.3 Å². The molecule has 1 heterocycles. The van der Waals surface area contributed by atoms with Gasteiger partial charge in [-0.05, 0) is 50.4 Å². The van der Waals surface area contributed by atoms with Gasteiger partial charge in [-0.15, -0.1) is 0 Å². The number of fused-ring (bicyclic) bond motifs is 2. The monoisotopic (exact) mass is 248 g/mol. The topological polar surface area (TPSA) is 35.5 Å². The molecule has 0 aromatic rings. The predicted molar refractivity (Wildman–Crippen MR) is 63.9 cm³/mol. The van der Waals surface area contributed by atoms with Crippen molar-refractivity contribution in [3.05, 3.63) is 0 Å². The van der Waals surface area contributed by atoms with Crippen molar-refractivity contribution in [1.82, 2.24) is 0 Å². The Hall–Kier alpha value is -0.570. The molecule has 4 saturated carbocycles. The Bertz CT molecular complexity index is 456. The fourth-order valence-corrected chi connectivity index (χ4v) is 5.22. The molecule has 5 aliphatic rings. The molecule has 4 spiro atoms. The highest BCUT2D eigenvalue weighted by Gasteiger charge is 2.87. The van der Waals surface area contributed by atoms with E-state index in [0.29, 0.717) is 10.8 Å². The highest BCUT2D eigenvalue weighted by atomic mass is 16.6. The molecule has 0 aromatic heterocycles. The second kappa shape index (κ2) is 2.52. The summed E-state index contributed by atoms with van der Waals surface area (Å²) >= 11 is 0. The Balaban J connectivity index is 1.52. The second-order valence-electron chi connectivity index (χ2n) is 7.52. The van der Waals surface area contributed by atoms with Crippen LogP contribution in [0.3, 0.4) is 0 Å². The van der Waals surface area contributed by atoms with Gasteiger partial charge >= 0.3 is 5.97 Å². The van der Waals surface area contributed by atoms with Crippen LogP contribution in [-0.4, -0.2) is 23.3 Å². The maximum Gasteiger partial charge on any atom is 0.303 e. The fourth-order valence-electron chi connectivity index (χ4n) is 5.22. The number of hydrogen-bond acceptors (Lipinski definition) is 3. The first-order valence-electron chi connectivity index (χ1n) is 7.43. The van der Waals surface area contributed by atoms with Crippen molar-refractivity contribution >= 4 is 5.97 Å². The van der Waals surface area contributed by atoms with E-state index in [1.54, 1.807) is 0 Å². The zero-order chi connectivity index (χ0) is 12.2. The summed E-state index contributed by atoms with van der Waals surface area (Å²) in [6.07, 6.45) is 10.2. The molecule has 18 heavy (non-hydrogen) atoms. The van der Waals surface area contributed by atoms with Gasteiger partial charge < -0.3 is 9.47 Å². The molecule has 1 saturated heterocycles. The lowest BCUT2D eigenvalue weighted by Gasteiger charge is -2.45. The van der Waals surface area contributed by atoms with E-state index in [2.05, 4.69) is 0 Å². The Kier molecular flexibility index (Phi) is 1.43. The standard InChI is InChI=1S/C15H20O3/c1-10(16)17-11-8-15(11)14(6-7-14)12(2-3-12)9-13(18-15)4-5-13/h11H,2-9H2,1H3/t11-,15?/m0/s1. The van der Waals surface area contributed by atoms with Gasteiger partial charge in [-0.2, -0.15) is 0 Å². The highest BCUT2D eigenvalue weighted by Crippen LogP contribution is 2.86. The zero-order valence-corrected chi connectivity index (χ0v) is 11.0. The van der Waals surface area contributed by atoms with Gasteiger partial charge in [-0.3, -0.25) is 4.79 Å².